The Labute approximate surface area is 86.2 Å². The van der Waals surface area contributed by atoms with E-state index < -0.39 is 5.41 Å². The standard InChI is InChI=1S/C10H22N2O2/c1-4-14-7-5-6-12-8-10(2,3)9(11)13/h12H,4-8H2,1-3H3,(H2,11,13). The number of ether oxygens (including phenoxy) is 1. The lowest BCUT2D eigenvalue weighted by Crippen LogP contribution is -2.40. The number of carbonyl (C=O) groups is 1. The second kappa shape index (κ2) is 6.79. The van der Waals surface area contributed by atoms with E-state index in [1.807, 2.05) is 20.8 Å². The Hall–Kier alpha value is -0.610. The zero-order chi connectivity index (χ0) is 11.0. The van der Waals surface area contributed by atoms with Crippen molar-refractivity contribution in [2.75, 3.05) is 26.3 Å². The van der Waals surface area contributed by atoms with Crippen LogP contribution < -0.4 is 11.1 Å². The van der Waals surface area contributed by atoms with Crippen molar-refractivity contribution >= 4 is 5.91 Å². The molecule has 0 aliphatic carbocycles. The minimum absolute atomic E-state index is 0.269. The molecule has 0 aromatic carbocycles. The van der Waals surface area contributed by atoms with Crippen LogP contribution in [0.3, 0.4) is 0 Å². The first kappa shape index (κ1) is 13.4. The van der Waals surface area contributed by atoms with E-state index in [9.17, 15) is 4.79 Å². The lowest BCUT2D eigenvalue weighted by molar-refractivity contribution is -0.125. The Morgan fingerprint density at radius 1 is 1.50 bits per heavy atom. The summed E-state index contributed by atoms with van der Waals surface area (Å²) < 4.78 is 5.18. The highest BCUT2D eigenvalue weighted by Crippen LogP contribution is 2.11. The van der Waals surface area contributed by atoms with Crippen molar-refractivity contribution in [3.8, 4) is 0 Å². The summed E-state index contributed by atoms with van der Waals surface area (Å²) in [6.45, 7) is 8.65. The van der Waals surface area contributed by atoms with E-state index in [-0.39, 0.29) is 5.91 Å². The van der Waals surface area contributed by atoms with Gasteiger partial charge in [0.2, 0.25) is 5.91 Å². The molecule has 14 heavy (non-hydrogen) atoms. The van der Waals surface area contributed by atoms with Crippen molar-refractivity contribution in [1.82, 2.24) is 5.32 Å². The SMILES string of the molecule is CCOCCCNCC(C)(C)C(N)=O. The molecule has 0 bridgehead atoms. The van der Waals surface area contributed by atoms with Gasteiger partial charge in [0.05, 0.1) is 5.41 Å². The van der Waals surface area contributed by atoms with Gasteiger partial charge in [-0.3, -0.25) is 4.79 Å². The third-order valence-corrected chi connectivity index (χ3v) is 2.08. The normalized spacial score (nSPS) is 11.6. The van der Waals surface area contributed by atoms with Gasteiger partial charge < -0.3 is 15.8 Å². The molecule has 4 nitrogen and oxygen atoms in total. The molecule has 0 saturated carbocycles. The molecule has 0 spiro atoms. The van der Waals surface area contributed by atoms with E-state index in [4.69, 9.17) is 10.5 Å². The lowest BCUT2D eigenvalue weighted by atomic mass is 9.93. The van der Waals surface area contributed by atoms with Crippen molar-refractivity contribution in [3.05, 3.63) is 0 Å². The third kappa shape index (κ3) is 5.94. The third-order valence-electron chi connectivity index (χ3n) is 2.08. The summed E-state index contributed by atoms with van der Waals surface area (Å²) in [6.07, 6.45) is 0.961. The second-order valence-electron chi connectivity index (χ2n) is 3.98. The molecule has 0 atom stereocenters. The maximum Gasteiger partial charge on any atom is 0.224 e. The van der Waals surface area contributed by atoms with Crippen LogP contribution >= 0.6 is 0 Å². The number of nitrogens with one attached hydrogen (secondary N) is 1. The Morgan fingerprint density at radius 2 is 2.14 bits per heavy atom. The fourth-order valence-electron chi connectivity index (χ4n) is 0.932. The number of rotatable bonds is 8. The summed E-state index contributed by atoms with van der Waals surface area (Å²) in [6, 6.07) is 0. The summed E-state index contributed by atoms with van der Waals surface area (Å²) in [5.41, 5.74) is 4.76. The maximum atomic E-state index is 10.9. The highest BCUT2D eigenvalue weighted by atomic mass is 16.5. The van der Waals surface area contributed by atoms with Crippen molar-refractivity contribution in [2.45, 2.75) is 27.2 Å². The minimum atomic E-state index is -0.467. The van der Waals surface area contributed by atoms with Crippen LogP contribution in [0.15, 0.2) is 0 Å². The molecule has 0 rings (SSSR count). The molecular formula is C10H22N2O2. The van der Waals surface area contributed by atoms with Crippen molar-refractivity contribution < 1.29 is 9.53 Å². The van der Waals surface area contributed by atoms with Gasteiger partial charge in [0.15, 0.2) is 0 Å². The van der Waals surface area contributed by atoms with Crippen LogP contribution in [-0.4, -0.2) is 32.2 Å². The van der Waals surface area contributed by atoms with Gasteiger partial charge in [0.1, 0.15) is 0 Å². The van der Waals surface area contributed by atoms with Crippen LogP contribution in [0.4, 0.5) is 0 Å². The predicted molar refractivity (Wildman–Crippen MR) is 57.0 cm³/mol. The quantitative estimate of drug-likeness (QED) is 0.564. The molecule has 84 valence electrons. The number of amides is 1. The molecule has 4 heteroatoms. The Kier molecular flexibility index (Phi) is 6.49. The first-order chi connectivity index (χ1) is 6.50. The van der Waals surface area contributed by atoms with Gasteiger partial charge in [-0.05, 0) is 33.7 Å². The maximum absolute atomic E-state index is 10.9. The van der Waals surface area contributed by atoms with E-state index in [2.05, 4.69) is 5.32 Å². The molecule has 1 amide bonds. The van der Waals surface area contributed by atoms with Gasteiger partial charge in [0.25, 0.3) is 0 Å². The summed E-state index contributed by atoms with van der Waals surface area (Å²) >= 11 is 0. The molecule has 0 aromatic rings. The first-order valence-electron chi connectivity index (χ1n) is 5.09. The molecule has 0 aliphatic rings. The van der Waals surface area contributed by atoms with Gasteiger partial charge in [-0.15, -0.1) is 0 Å². The second-order valence-corrected chi connectivity index (χ2v) is 3.98. The summed E-state index contributed by atoms with van der Waals surface area (Å²) in [5, 5.41) is 3.19. The summed E-state index contributed by atoms with van der Waals surface area (Å²) in [7, 11) is 0. The van der Waals surface area contributed by atoms with Gasteiger partial charge in [-0.2, -0.15) is 0 Å². The predicted octanol–water partition coefficient (Wildman–Crippen LogP) is 0.514. The molecule has 0 radical (unpaired) electrons. The van der Waals surface area contributed by atoms with Gasteiger partial charge in [-0.25, -0.2) is 0 Å². The molecule has 0 fully saturated rings. The first-order valence-corrected chi connectivity index (χ1v) is 5.09. The molecule has 0 aliphatic heterocycles. The van der Waals surface area contributed by atoms with Gasteiger partial charge in [-0.1, -0.05) is 0 Å². The van der Waals surface area contributed by atoms with Gasteiger partial charge in [0, 0.05) is 19.8 Å². The van der Waals surface area contributed by atoms with Crippen LogP contribution in [0.25, 0.3) is 0 Å². The van der Waals surface area contributed by atoms with E-state index in [0.29, 0.717) is 6.54 Å². The number of carbonyl (C=O) groups excluding carboxylic acids is 1. The largest absolute Gasteiger partial charge is 0.382 e. The fourth-order valence-corrected chi connectivity index (χ4v) is 0.932. The van der Waals surface area contributed by atoms with E-state index in [0.717, 1.165) is 26.2 Å². The molecule has 3 N–H and O–H groups in total. The average molecular weight is 202 g/mol. The number of primary amides is 1. The molecule has 0 heterocycles. The van der Waals surface area contributed by atoms with Crippen LogP contribution in [0.2, 0.25) is 0 Å². The van der Waals surface area contributed by atoms with E-state index in [1.54, 1.807) is 0 Å². The zero-order valence-electron chi connectivity index (χ0n) is 9.43. The van der Waals surface area contributed by atoms with Crippen LogP contribution in [-0.2, 0) is 9.53 Å². The number of hydrogen-bond donors (Lipinski definition) is 2. The van der Waals surface area contributed by atoms with Crippen LogP contribution in [0.5, 0.6) is 0 Å². The molecule has 0 aromatic heterocycles. The highest BCUT2D eigenvalue weighted by Gasteiger charge is 2.23. The van der Waals surface area contributed by atoms with Crippen LogP contribution in [0.1, 0.15) is 27.2 Å². The van der Waals surface area contributed by atoms with E-state index >= 15 is 0 Å². The highest BCUT2D eigenvalue weighted by molar-refractivity contribution is 5.80. The van der Waals surface area contributed by atoms with Crippen LogP contribution in [0, 0.1) is 5.41 Å². The Balaban J connectivity index is 3.40. The number of nitrogens with two attached hydrogens (primary N) is 1. The van der Waals surface area contributed by atoms with E-state index in [1.165, 1.54) is 0 Å². The topological polar surface area (TPSA) is 64.3 Å². The van der Waals surface area contributed by atoms with Gasteiger partial charge >= 0.3 is 0 Å². The number of hydrogen-bond acceptors (Lipinski definition) is 3. The Morgan fingerprint density at radius 3 is 2.64 bits per heavy atom. The average Bonchev–Trinajstić information content (AvgIpc) is 2.10. The fraction of sp³-hybridized carbons (Fsp3) is 0.900. The monoisotopic (exact) mass is 202 g/mol. The Bertz CT molecular complexity index is 170. The smallest absolute Gasteiger partial charge is 0.224 e. The van der Waals surface area contributed by atoms with Crippen molar-refractivity contribution in [3.63, 3.8) is 0 Å². The van der Waals surface area contributed by atoms with Crippen molar-refractivity contribution in [1.29, 1.82) is 0 Å². The minimum Gasteiger partial charge on any atom is -0.382 e. The van der Waals surface area contributed by atoms with Crippen molar-refractivity contribution in [2.24, 2.45) is 11.1 Å². The molecular weight excluding hydrogens is 180 g/mol. The molecule has 0 saturated heterocycles. The zero-order valence-corrected chi connectivity index (χ0v) is 9.43. The molecule has 0 unspecified atom stereocenters. The summed E-state index contributed by atoms with van der Waals surface area (Å²) in [4.78, 5) is 10.9. The lowest BCUT2D eigenvalue weighted by Gasteiger charge is -2.20. The summed E-state index contributed by atoms with van der Waals surface area (Å²) in [5.74, 6) is -0.269.